The van der Waals surface area contributed by atoms with Gasteiger partial charge < -0.3 is 14.2 Å². The lowest BCUT2D eigenvalue weighted by Crippen LogP contribution is -2.36. The zero-order valence-electron chi connectivity index (χ0n) is 15.1. The van der Waals surface area contributed by atoms with Crippen LogP contribution in [0.3, 0.4) is 0 Å². The topological polar surface area (TPSA) is 65.1 Å². The maximum absolute atomic E-state index is 12.2. The first-order valence-corrected chi connectivity index (χ1v) is 8.98. The van der Waals surface area contributed by atoms with Crippen molar-refractivity contribution < 1.29 is 23.8 Å². The molecule has 0 saturated carbocycles. The Bertz CT molecular complexity index is 646. The second-order valence-electron chi connectivity index (χ2n) is 7.38. The smallest absolute Gasteiger partial charge is 0.334 e. The molecule has 2 heterocycles. The van der Waals surface area contributed by atoms with Gasteiger partial charge in [0, 0.05) is 18.4 Å². The van der Waals surface area contributed by atoms with E-state index in [1.54, 1.807) is 0 Å². The average molecular weight is 346 g/mol. The number of carbonyl (C=O) groups excluding carboxylic acids is 2. The molecule has 0 unspecified atom stereocenters. The molecule has 5 atom stereocenters. The van der Waals surface area contributed by atoms with Crippen LogP contribution in [0.25, 0.3) is 0 Å². The zero-order valence-corrected chi connectivity index (χ0v) is 15.1. The molecule has 0 radical (unpaired) electrons. The van der Waals surface area contributed by atoms with Crippen molar-refractivity contribution in [2.45, 2.75) is 70.4 Å². The van der Waals surface area contributed by atoms with Crippen molar-refractivity contribution >= 4 is 11.9 Å². The van der Waals surface area contributed by atoms with Gasteiger partial charge in [-0.25, -0.2) is 4.79 Å². The fourth-order valence-corrected chi connectivity index (χ4v) is 3.59. The van der Waals surface area contributed by atoms with Crippen LogP contribution in [0.15, 0.2) is 36.0 Å². The van der Waals surface area contributed by atoms with Crippen LogP contribution in [0.1, 0.15) is 46.5 Å². The van der Waals surface area contributed by atoms with E-state index in [2.05, 4.69) is 6.58 Å². The first-order chi connectivity index (χ1) is 11.8. The van der Waals surface area contributed by atoms with Crippen molar-refractivity contribution in [2.75, 3.05) is 0 Å². The standard InChI is InChI=1S/C20H26O5/c1-5-6-7-17(21)23-15-11-20(4)16(25-20)9-8-12(2)10-14-18(15)13(3)19(22)24-14/h8-10,14-16,18H,3,5-7,11H2,1-2,4H3/b9-8-,12-10-/t14-,15+,16+,18-,20+/m0/s1. The molecular formula is C20H26O5. The highest BCUT2D eigenvalue weighted by Crippen LogP contribution is 2.46. The van der Waals surface area contributed by atoms with Crippen molar-refractivity contribution in [2.24, 2.45) is 5.92 Å². The fraction of sp³-hybridized carbons (Fsp3) is 0.600. The molecule has 5 heteroatoms. The minimum atomic E-state index is -0.487. The van der Waals surface area contributed by atoms with Crippen molar-refractivity contribution in [1.29, 1.82) is 0 Å². The summed E-state index contributed by atoms with van der Waals surface area (Å²) in [6.07, 6.45) is 7.54. The normalized spacial score (nSPS) is 40.2. The highest BCUT2D eigenvalue weighted by Gasteiger charge is 2.55. The number of allylic oxidation sites excluding steroid dienone is 2. The van der Waals surface area contributed by atoms with Gasteiger partial charge in [0.1, 0.15) is 18.3 Å². The molecule has 0 bridgehead atoms. The summed E-state index contributed by atoms with van der Waals surface area (Å²) in [6.45, 7) is 9.88. The summed E-state index contributed by atoms with van der Waals surface area (Å²) in [4.78, 5) is 24.3. The van der Waals surface area contributed by atoms with Crippen molar-refractivity contribution in [3.05, 3.63) is 36.0 Å². The van der Waals surface area contributed by atoms with E-state index >= 15 is 0 Å². The van der Waals surface area contributed by atoms with Crippen LogP contribution >= 0.6 is 0 Å². The first kappa shape index (κ1) is 17.9. The second-order valence-corrected chi connectivity index (χ2v) is 7.38. The summed E-state index contributed by atoms with van der Waals surface area (Å²) in [7, 11) is 0. The monoisotopic (exact) mass is 346 g/mol. The Morgan fingerprint density at radius 1 is 1.48 bits per heavy atom. The van der Waals surface area contributed by atoms with E-state index in [-0.39, 0.29) is 23.6 Å². The minimum absolute atomic E-state index is 0.00414. The minimum Gasteiger partial charge on any atom is -0.461 e. The van der Waals surface area contributed by atoms with Crippen LogP contribution < -0.4 is 0 Å². The average Bonchev–Trinajstić information content (AvgIpc) is 3.10. The number of esters is 2. The molecule has 3 rings (SSSR count). The molecule has 0 aromatic heterocycles. The Morgan fingerprint density at radius 3 is 2.96 bits per heavy atom. The Kier molecular flexibility index (Phi) is 4.87. The molecule has 0 spiro atoms. The molecular weight excluding hydrogens is 320 g/mol. The van der Waals surface area contributed by atoms with Gasteiger partial charge in [0.25, 0.3) is 0 Å². The lowest BCUT2D eigenvalue weighted by Gasteiger charge is -2.28. The summed E-state index contributed by atoms with van der Waals surface area (Å²) in [5, 5.41) is 0. The predicted molar refractivity (Wildman–Crippen MR) is 92.7 cm³/mol. The molecule has 0 aromatic rings. The summed E-state index contributed by atoms with van der Waals surface area (Å²) >= 11 is 0. The van der Waals surface area contributed by atoms with Gasteiger partial charge in [-0.2, -0.15) is 0 Å². The Balaban J connectivity index is 1.89. The molecule has 2 aliphatic heterocycles. The third-order valence-corrected chi connectivity index (χ3v) is 5.19. The van der Waals surface area contributed by atoms with E-state index in [4.69, 9.17) is 14.2 Å². The van der Waals surface area contributed by atoms with Crippen LogP contribution in [0.2, 0.25) is 0 Å². The van der Waals surface area contributed by atoms with E-state index in [1.807, 2.05) is 39.0 Å². The highest BCUT2D eigenvalue weighted by atomic mass is 16.6. The molecule has 0 aromatic carbocycles. The summed E-state index contributed by atoms with van der Waals surface area (Å²) in [5.41, 5.74) is 0.960. The third kappa shape index (κ3) is 3.71. The second kappa shape index (κ2) is 6.79. The predicted octanol–water partition coefficient (Wildman–Crippen LogP) is 3.25. The van der Waals surface area contributed by atoms with E-state index in [0.29, 0.717) is 18.4 Å². The van der Waals surface area contributed by atoms with E-state index in [1.165, 1.54) is 0 Å². The molecule has 1 aliphatic carbocycles. The molecule has 0 amide bonds. The number of rotatable bonds is 4. The summed E-state index contributed by atoms with van der Waals surface area (Å²) < 4.78 is 17.1. The number of unbranched alkanes of at least 4 members (excludes halogenated alkanes) is 1. The number of fused-ring (bicyclic) bond motifs is 2. The van der Waals surface area contributed by atoms with Crippen molar-refractivity contribution in [1.82, 2.24) is 0 Å². The lowest BCUT2D eigenvalue weighted by atomic mass is 9.83. The Labute approximate surface area is 148 Å². The van der Waals surface area contributed by atoms with Gasteiger partial charge in [-0.05, 0) is 26.3 Å². The number of epoxide rings is 1. The van der Waals surface area contributed by atoms with Crippen LogP contribution in [-0.2, 0) is 23.8 Å². The Hall–Kier alpha value is -1.88. The van der Waals surface area contributed by atoms with Gasteiger partial charge in [-0.3, -0.25) is 4.79 Å². The molecule has 2 saturated heterocycles. The lowest BCUT2D eigenvalue weighted by molar-refractivity contribution is -0.153. The highest BCUT2D eigenvalue weighted by molar-refractivity contribution is 5.91. The van der Waals surface area contributed by atoms with E-state index in [9.17, 15) is 9.59 Å². The summed E-state index contributed by atoms with van der Waals surface area (Å²) in [5.74, 6) is -1.04. The molecule has 3 aliphatic rings. The maximum atomic E-state index is 12.2. The fourth-order valence-electron chi connectivity index (χ4n) is 3.59. The van der Waals surface area contributed by atoms with Crippen molar-refractivity contribution in [3.63, 3.8) is 0 Å². The van der Waals surface area contributed by atoms with Gasteiger partial charge in [-0.1, -0.05) is 37.6 Å². The molecule has 25 heavy (non-hydrogen) atoms. The summed E-state index contributed by atoms with van der Waals surface area (Å²) in [6, 6.07) is 0. The van der Waals surface area contributed by atoms with Gasteiger partial charge in [0.2, 0.25) is 0 Å². The molecule has 2 fully saturated rings. The number of hydrogen-bond donors (Lipinski definition) is 0. The van der Waals surface area contributed by atoms with Gasteiger partial charge in [0.15, 0.2) is 0 Å². The van der Waals surface area contributed by atoms with Crippen LogP contribution in [0, 0.1) is 5.92 Å². The number of ether oxygens (including phenoxy) is 3. The molecule has 0 N–H and O–H groups in total. The Morgan fingerprint density at radius 2 is 2.24 bits per heavy atom. The number of hydrogen-bond acceptors (Lipinski definition) is 5. The van der Waals surface area contributed by atoms with Crippen LogP contribution in [-0.4, -0.2) is 35.9 Å². The van der Waals surface area contributed by atoms with E-state index in [0.717, 1.165) is 18.4 Å². The third-order valence-electron chi connectivity index (χ3n) is 5.19. The van der Waals surface area contributed by atoms with Gasteiger partial charge >= 0.3 is 11.9 Å². The zero-order chi connectivity index (χ0) is 18.2. The van der Waals surface area contributed by atoms with Crippen LogP contribution in [0.4, 0.5) is 0 Å². The van der Waals surface area contributed by atoms with Crippen LogP contribution in [0.5, 0.6) is 0 Å². The largest absolute Gasteiger partial charge is 0.461 e. The SMILES string of the molecule is C=C1C(=O)O[C@H]2/C=C(C)\C=C/[C@H]3O[C@]3(C)C[C@@H](OC(=O)CCCC)[C@@H]12. The molecule has 5 nitrogen and oxygen atoms in total. The van der Waals surface area contributed by atoms with E-state index < -0.39 is 18.2 Å². The molecule has 136 valence electrons. The number of carbonyl (C=O) groups is 2. The van der Waals surface area contributed by atoms with Crippen molar-refractivity contribution in [3.8, 4) is 0 Å². The van der Waals surface area contributed by atoms with Gasteiger partial charge in [0.05, 0.1) is 11.5 Å². The maximum Gasteiger partial charge on any atom is 0.334 e. The quantitative estimate of drug-likeness (QED) is 0.444. The first-order valence-electron chi connectivity index (χ1n) is 8.98. The van der Waals surface area contributed by atoms with Gasteiger partial charge in [-0.15, -0.1) is 0 Å².